The second-order valence-corrected chi connectivity index (χ2v) is 13.2. The minimum Gasteiger partial charge on any atom is -0.310 e. The number of benzene rings is 7. The molecule has 0 saturated carbocycles. The Labute approximate surface area is 295 Å². The summed E-state index contributed by atoms with van der Waals surface area (Å²) in [7, 11) is 0. The van der Waals surface area contributed by atoms with Crippen molar-refractivity contribution in [3.8, 4) is 22.3 Å². The first-order valence-electron chi connectivity index (χ1n) is 17.6. The topological polar surface area (TPSA) is 3.24 Å². The number of para-hydroxylation sites is 1. The molecule has 7 aromatic rings. The molecule has 238 valence electrons. The summed E-state index contributed by atoms with van der Waals surface area (Å²) in [6.45, 7) is 0. The average molecular weight is 640 g/mol. The van der Waals surface area contributed by atoms with E-state index in [2.05, 4.69) is 211 Å². The number of nitrogens with zero attached hydrogens (tertiary/aromatic N) is 1. The maximum absolute atomic E-state index is 2.47. The summed E-state index contributed by atoms with van der Waals surface area (Å²) in [5.74, 6) is 0.300. The van der Waals surface area contributed by atoms with Gasteiger partial charge in [-0.2, -0.15) is 0 Å². The highest BCUT2D eigenvalue weighted by Gasteiger charge is 2.46. The highest BCUT2D eigenvalue weighted by molar-refractivity contribution is 5.90. The third kappa shape index (κ3) is 4.94. The normalized spacial score (nSPS) is 15.3. The monoisotopic (exact) mass is 639 g/mol. The lowest BCUT2D eigenvalue weighted by Gasteiger charge is -2.35. The molecule has 0 N–H and O–H groups in total. The smallest absolute Gasteiger partial charge is 0.0714 e. The highest BCUT2D eigenvalue weighted by Crippen LogP contribution is 2.57. The van der Waals surface area contributed by atoms with Gasteiger partial charge in [0.2, 0.25) is 0 Å². The molecule has 9 rings (SSSR count). The van der Waals surface area contributed by atoms with Crippen molar-refractivity contribution in [2.24, 2.45) is 0 Å². The SMILES string of the molecule is C1=CCC(c2ccccc2N(c2ccc(-c3ccccc3)cc2)c2ccc3c(c2)C(c2ccccc2)(c2ccccc2)c2ccccc2-3)C=C1. The van der Waals surface area contributed by atoms with Crippen LogP contribution in [0.4, 0.5) is 17.1 Å². The molecule has 0 bridgehead atoms. The van der Waals surface area contributed by atoms with Crippen LogP contribution >= 0.6 is 0 Å². The van der Waals surface area contributed by atoms with Gasteiger partial charge < -0.3 is 4.90 Å². The lowest BCUT2D eigenvalue weighted by molar-refractivity contribution is 0.768. The largest absolute Gasteiger partial charge is 0.310 e. The van der Waals surface area contributed by atoms with E-state index in [1.807, 2.05) is 0 Å². The van der Waals surface area contributed by atoms with E-state index in [0.717, 1.165) is 17.8 Å². The number of hydrogen-bond donors (Lipinski definition) is 0. The fourth-order valence-corrected chi connectivity index (χ4v) is 8.25. The van der Waals surface area contributed by atoms with Gasteiger partial charge >= 0.3 is 0 Å². The third-order valence-electron chi connectivity index (χ3n) is 10.5. The van der Waals surface area contributed by atoms with E-state index < -0.39 is 5.41 Å². The zero-order chi connectivity index (χ0) is 33.3. The second-order valence-electron chi connectivity index (χ2n) is 13.2. The summed E-state index contributed by atoms with van der Waals surface area (Å²) in [6.07, 6.45) is 9.94. The van der Waals surface area contributed by atoms with Gasteiger partial charge in [-0.3, -0.25) is 0 Å². The molecule has 1 unspecified atom stereocenters. The molecule has 0 aromatic heterocycles. The number of allylic oxidation sites excluding steroid dienone is 4. The molecule has 7 aromatic carbocycles. The van der Waals surface area contributed by atoms with Crippen LogP contribution in [0.3, 0.4) is 0 Å². The molecule has 2 aliphatic rings. The Bertz CT molecular complexity index is 2290. The molecule has 0 saturated heterocycles. The zero-order valence-corrected chi connectivity index (χ0v) is 27.9. The van der Waals surface area contributed by atoms with E-state index in [-0.39, 0.29) is 0 Å². The summed E-state index contributed by atoms with van der Waals surface area (Å²) in [5, 5.41) is 0. The van der Waals surface area contributed by atoms with Crippen LogP contribution in [0, 0.1) is 0 Å². The molecular weight excluding hydrogens is 603 g/mol. The zero-order valence-electron chi connectivity index (χ0n) is 27.9. The minimum atomic E-state index is -0.469. The Morgan fingerprint density at radius 2 is 1.04 bits per heavy atom. The van der Waals surface area contributed by atoms with Crippen LogP contribution in [0.2, 0.25) is 0 Å². The van der Waals surface area contributed by atoms with Crippen LogP contribution in [0.5, 0.6) is 0 Å². The summed E-state index contributed by atoms with van der Waals surface area (Å²) in [5.41, 5.74) is 14.5. The Kier molecular flexibility index (Phi) is 7.59. The summed E-state index contributed by atoms with van der Waals surface area (Å²) >= 11 is 0. The maximum Gasteiger partial charge on any atom is 0.0714 e. The molecule has 1 atom stereocenters. The number of anilines is 3. The standard InChI is InChI=1S/C49H37N/c1-5-17-36(18-6-1)37-29-31-41(32-30-37)50(48-28-16-14-25-43(48)38-19-7-2-8-20-38)42-33-34-45-44-26-13-15-27-46(44)49(47(45)35-42,39-21-9-3-10-22-39)40-23-11-4-12-24-40/h1-19,21-35,38H,20H2. The maximum atomic E-state index is 2.47. The summed E-state index contributed by atoms with van der Waals surface area (Å²) in [6, 6.07) is 66.9. The van der Waals surface area contributed by atoms with Crippen molar-refractivity contribution in [2.45, 2.75) is 17.8 Å². The summed E-state index contributed by atoms with van der Waals surface area (Å²) in [4.78, 5) is 2.47. The molecule has 0 fully saturated rings. The first-order chi connectivity index (χ1) is 24.8. The Hall–Kier alpha value is -6.18. The predicted octanol–water partition coefficient (Wildman–Crippen LogP) is 12.8. The average Bonchev–Trinajstić information content (AvgIpc) is 3.50. The lowest BCUT2D eigenvalue weighted by Crippen LogP contribution is -2.28. The van der Waals surface area contributed by atoms with Gasteiger partial charge in [-0.25, -0.2) is 0 Å². The summed E-state index contributed by atoms with van der Waals surface area (Å²) < 4.78 is 0. The fraction of sp³-hybridized carbons (Fsp3) is 0.0612. The van der Waals surface area contributed by atoms with Crippen molar-refractivity contribution in [3.63, 3.8) is 0 Å². The first kappa shape index (κ1) is 29.9. The van der Waals surface area contributed by atoms with Gasteiger partial charge in [0.25, 0.3) is 0 Å². The Balaban J connectivity index is 1.29. The van der Waals surface area contributed by atoms with Crippen molar-refractivity contribution < 1.29 is 0 Å². The lowest BCUT2D eigenvalue weighted by atomic mass is 9.67. The molecule has 50 heavy (non-hydrogen) atoms. The van der Waals surface area contributed by atoms with E-state index in [4.69, 9.17) is 0 Å². The number of rotatable bonds is 7. The van der Waals surface area contributed by atoms with Crippen LogP contribution in [0.1, 0.15) is 40.2 Å². The van der Waals surface area contributed by atoms with Gasteiger partial charge in [-0.05, 0) is 86.8 Å². The molecule has 0 radical (unpaired) electrons. The molecule has 0 aliphatic heterocycles. The first-order valence-corrected chi connectivity index (χ1v) is 17.6. The van der Waals surface area contributed by atoms with Crippen molar-refractivity contribution in [1.29, 1.82) is 0 Å². The van der Waals surface area contributed by atoms with Crippen molar-refractivity contribution in [3.05, 3.63) is 234 Å². The van der Waals surface area contributed by atoms with Crippen LogP contribution in [-0.2, 0) is 5.41 Å². The quantitative estimate of drug-likeness (QED) is 0.168. The molecule has 0 heterocycles. The van der Waals surface area contributed by atoms with E-state index in [9.17, 15) is 0 Å². The van der Waals surface area contributed by atoms with Gasteiger partial charge in [-0.15, -0.1) is 0 Å². The molecule has 0 spiro atoms. The van der Waals surface area contributed by atoms with Crippen molar-refractivity contribution in [2.75, 3.05) is 4.90 Å². The molecule has 2 aliphatic carbocycles. The molecule has 0 amide bonds. The van der Waals surface area contributed by atoms with Crippen molar-refractivity contribution in [1.82, 2.24) is 0 Å². The second kappa shape index (κ2) is 12.7. The number of hydrogen-bond acceptors (Lipinski definition) is 1. The van der Waals surface area contributed by atoms with Crippen molar-refractivity contribution >= 4 is 17.1 Å². The molecule has 1 heteroatoms. The highest BCUT2D eigenvalue weighted by atomic mass is 15.1. The minimum absolute atomic E-state index is 0.300. The van der Waals surface area contributed by atoms with Gasteiger partial charge in [0.05, 0.1) is 5.41 Å². The van der Waals surface area contributed by atoms with Crippen LogP contribution in [-0.4, -0.2) is 0 Å². The third-order valence-corrected chi connectivity index (χ3v) is 10.5. The van der Waals surface area contributed by atoms with E-state index in [1.54, 1.807) is 0 Å². The molecular formula is C49H37N. The number of fused-ring (bicyclic) bond motifs is 3. The van der Waals surface area contributed by atoms with E-state index >= 15 is 0 Å². The van der Waals surface area contributed by atoms with E-state index in [1.165, 1.54) is 55.8 Å². The predicted molar refractivity (Wildman–Crippen MR) is 210 cm³/mol. The van der Waals surface area contributed by atoms with Gasteiger partial charge in [0.1, 0.15) is 0 Å². The van der Waals surface area contributed by atoms with Crippen LogP contribution in [0.25, 0.3) is 22.3 Å². The molecule has 1 nitrogen and oxygen atoms in total. The van der Waals surface area contributed by atoms with E-state index in [0.29, 0.717) is 5.92 Å². The Morgan fingerprint density at radius 3 is 1.74 bits per heavy atom. The van der Waals surface area contributed by atoms with Gasteiger partial charge in [0, 0.05) is 23.0 Å². The van der Waals surface area contributed by atoms with Gasteiger partial charge in [-0.1, -0.05) is 176 Å². The Morgan fingerprint density at radius 1 is 0.460 bits per heavy atom. The van der Waals surface area contributed by atoms with Crippen LogP contribution in [0.15, 0.2) is 206 Å². The fourth-order valence-electron chi connectivity index (χ4n) is 8.25. The van der Waals surface area contributed by atoms with Gasteiger partial charge in [0.15, 0.2) is 0 Å². The van der Waals surface area contributed by atoms with Crippen LogP contribution < -0.4 is 4.90 Å².